The van der Waals surface area contributed by atoms with Crippen molar-refractivity contribution in [3.05, 3.63) is 59.4 Å². The van der Waals surface area contributed by atoms with Gasteiger partial charge in [-0.25, -0.2) is 0 Å². The number of aryl methyl sites for hydroxylation is 2. The van der Waals surface area contributed by atoms with Gasteiger partial charge >= 0.3 is 0 Å². The average Bonchev–Trinajstić information content (AvgIpc) is 3.17. The summed E-state index contributed by atoms with van der Waals surface area (Å²) in [6.07, 6.45) is 1.54. The van der Waals surface area contributed by atoms with Crippen LogP contribution in [0.4, 0.5) is 0 Å². The molecule has 146 valence electrons. The molecule has 3 rings (SSSR count). The molecule has 0 bridgehead atoms. The first-order chi connectivity index (χ1) is 13.3. The van der Waals surface area contributed by atoms with E-state index in [0.717, 1.165) is 29.1 Å². The van der Waals surface area contributed by atoms with E-state index in [1.807, 2.05) is 39.0 Å². The summed E-state index contributed by atoms with van der Waals surface area (Å²) in [5.74, 6) is 0.648. The van der Waals surface area contributed by atoms with Gasteiger partial charge in [0.1, 0.15) is 0 Å². The van der Waals surface area contributed by atoms with E-state index in [1.54, 1.807) is 4.68 Å². The fourth-order valence-corrected chi connectivity index (χ4v) is 2.87. The molecule has 28 heavy (non-hydrogen) atoms. The SMILES string of the molecule is CCc1nnnn1-c1cc(C(=O)NC(C)(C)CC)cc(-c2ccc(C)cc2)c1. The lowest BCUT2D eigenvalue weighted by Gasteiger charge is -2.24. The van der Waals surface area contributed by atoms with Crippen LogP contribution in [0, 0.1) is 6.92 Å². The Morgan fingerprint density at radius 3 is 2.43 bits per heavy atom. The fraction of sp³-hybridized carbons (Fsp3) is 0.364. The minimum Gasteiger partial charge on any atom is -0.347 e. The lowest BCUT2D eigenvalue weighted by atomic mass is 9.98. The van der Waals surface area contributed by atoms with E-state index in [0.29, 0.717) is 12.0 Å². The van der Waals surface area contributed by atoms with Crippen LogP contribution in [-0.2, 0) is 6.42 Å². The third-order valence-corrected chi connectivity index (χ3v) is 5.00. The van der Waals surface area contributed by atoms with Gasteiger partial charge in [-0.1, -0.05) is 43.7 Å². The first-order valence-electron chi connectivity index (χ1n) is 9.65. The zero-order valence-corrected chi connectivity index (χ0v) is 17.2. The quantitative estimate of drug-likeness (QED) is 0.701. The molecule has 3 aromatic rings. The molecule has 2 aromatic carbocycles. The molecule has 1 N–H and O–H groups in total. The Kier molecular flexibility index (Phi) is 5.58. The van der Waals surface area contributed by atoms with Crippen molar-refractivity contribution < 1.29 is 4.79 Å². The zero-order valence-electron chi connectivity index (χ0n) is 17.2. The number of hydrogen-bond acceptors (Lipinski definition) is 4. The second kappa shape index (κ2) is 7.92. The van der Waals surface area contributed by atoms with Crippen LogP contribution >= 0.6 is 0 Å². The van der Waals surface area contributed by atoms with Gasteiger partial charge in [0, 0.05) is 17.5 Å². The summed E-state index contributed by atoms with van der Waals surface area (Å²) in [6, 6.07) is 14.0. The van der Waals surface area contributed by atoms with Crippen molar-refractivity contribution in [2.45, 2.75) is 53.0 Å². The van der Waals surface area contributed by atoms with Crippen molar-refractivity contribution in [2.75, 3.05) is 0 Å². The minimum absolute atomic E-state index is 0.104. The van der Waals surface area contributed by atoms with Crippen LogP contribution in [0.3, 0.4) is 0 Å². The smallest absolute Gasteiger partial charge is 0.251 e. The number of amides is 1. The predicted octanol–water partition coefficient (Wildman–Crippen LogP) is 4.12. The maximum Gasteiger partial charge on any atom is 0.251 e. The topological polar surface area (TPSA) is 72.7 Å². The number of nitrogens with zero attached hydrogens (tertiary/aromatic N) is 4. The summed E-state index contributed by atoms with van der Waals surface area (Å²) in [5, 5.41) is 15.1. The van der Waals surface area contributed by atoms with Gasteiger partial charge in [-0.2, -0.15) is 4.68 Å². The van der Waals surface area contributed by atoms with E-state index in [9.17, 15) is 4.79 Å². The monoisotopic (exact) mass is 377 g/mol. The molecule has 1 heterocycles. The number of aromatic nitrogens is 4. The second-order valence-electron chi connectivity index (χ2n) is 7.69. The van der Waals surface area contributed by atoms with Crippen molar-refractivity contribution in [1.29, 1.82) is 0 Å². The average molecular weight is 377 g/mol. The van der Waals surface area contributed by atoms with Crippen molar-refractivity contribution in [1.82, 2.24) is 25.5 Å². The molecule has 0 spiro atoms. The molecule has 0 fully saturated rings. The Morgan fingerprint density at radius 2 is 1.79 bits per heavy atom. The number of carbonyl (C=O) groups excluding carboxylic acids is 1. The molecule has 0 saturated heterocycles. The van der Waals surface area contributed by atoms with Gasteiger partial charge < -0.3 is 5.32 Å². The summed E-state index contributed by atoms with van der Waals surface area (Å²) in [4.78, 5) is 13.0. The number of carbonyl (C=O) groups is 1. The van der Waals surface area contributed by atoms with Crippen LogP contribution in [0.1, 0.15) is 55.9 Å². The number of benzene rings is 2. The van der Waals surface area contributed by atoms with Gasteiger partial charge in [-0.3, -0.25) is 4.79 Å². The van der Waals surface area contributed by atoms with Crippen LogP contribution in [-0.4, -0.2) is 31.7 Å². The highest BCUT2D eigenvalue weighted by Gasteiger charge is 2.20. The molecule has 0 radical (unpaired) electrons. The van der Waals surface area contributed by atoms with Gasteiger partial charge in [-0.15, -0.1) is 5.10 Å². The van der Waals surface area contributed by atoms with E-state index in [4.69, 9.17) is 0 Å². The summed E-state index contributed by atoms with van der Waals surface area (Å²) in [7, 11) is 0. The van der Waals surface area contributed by atoms with E-state index in [2.05, 4.69) is 59.0 Å². The summed E-state index contributed by atoms with van der Waals surface area (Å²) < 4.78 is 1.69. The van der Waals surface area contributed by atoms with E-state index < -0.39 is 0 Å². The third-order valence-electron chi connectivity index (χ3n) is 5.00. The lowest BCUT2D eigenvalue weighted by Crippen LogP contribution is -2.42. The normalized spacial score (nSPS) is 11.5. The fourth-order valence-electron chi connectivity index (χ4n) is 2.87. The Labute approximate surface area is 166 Å². The van der Waals surface area contributed by atoms with Crippen LogP contribution < -0.4 is 5.32 Å². The summed E-state index contributed by atoms with van der Waals surface area (Å²) >= 11 is 0. The predicted molar refractivity (Wildman–Crippen MR) is 111 cm³/mol. The lowest BCUT2D eigenvalue weighted by molar-refractivity contribution is 0.0911. The van der Waals surface area contributed by atoms with Crippen LogP contribution in [0.5, 0.6) is 0 Å². The van der Waals surface area contributed by atoms with Gasteiger partial charge in [0.2, 0.25) is 0 Å². The van der Waals surface area contributed by atoms with Crippen molar-refractivity contribution in [3.8, 4) is 16.8 Å². The Balaban J connectivity index is 2.11. The van der Waals surface area contributed by atoms with Gasteiger partial charge in [-0.05, 0) is 66.9 Å². The molecule has 0 unspecified atom stereocenters. The largest absolute Gasteiger partial charge is 0.347 e. The molecule has 6 heteroatoms. The maximum absolute atomic E-state index is 13.0. The molecule has 0 aliphatic rings. The molecule has 0 aliphatic carbocycles. The zero-order chi connectivity index (χ0) is 20.3. The van der Waals surface area contributed by atoms with E-state index in [1.165, 1.54) is 5.56 Å². The Bertz CT molecular complexity index is 973. The number of hydrogen-bond donors (Lipinski definition) is 1. The van der Waals surface area contributed by atoms with Gasteiger partial charge in [0.05, 0.1) is 5.69 Å². The Morgan fingerprint density at radius 1 is 1.07 bits per heavy atom. The molecule has 6 nitrogen and oxygen atoms in total. The molecule has 1 amide bonds. The highest BCUT2D eigenvalue weighted by Crippen LogP contribution is 2.25. The van der Waals surface area contributed by atoms with Crippen LogP contribution in [0.25, 0.3) is 16.8 Å². The highest BCUT2D eigenvalue weighted by molar-refractivity contribution is 5.96. The second-order valence-corrected chi connectivity index (χ2v) is 7.69. The molecule has 1 aromatic heterocycles. The van der Waals surface area contributed by atoms with Crippen molar-refractivity contribution in [2.24, 2.45) is 0 Å². The standard InChI is InChI=1S/C22H27N5O/c1-6-20-24-25-26-27(20)19-13-17(16-10-8-15(3)9-11-16)12-18(14-19)21(28)23-22(4,5)7-2/h8-14H,6-7H2,1-5H3,(H,23,28). The van der Waals surface area contributed by atoms with E-state index >= 15 is 0 Å². The summed E-state index contributed by atoms with van der Waals surface area (Å²) in [5.41, 5.74) is 4.28. The maximum atomic E-state index is 13.0. The van der Waals surface area contributed by atoms with Crippen LogP contribution in [0.15, 0.2) is 42.5 Å². The molecule has 0 saturated carbocycles. The third kappa shape index (κ3) is 4.27. The molecular weight excluding hydrogens is 350 g/mol. The Hall–Kier alpha value is -3.02. The number of rotatable bonds is 6. The number of tetrazole rings is 1. The van der Waals surface area contributed by atoms with Gasteiger partial charge in [0.25, 0.3) is 5.91 Å². The molecule has 0 atom stereocenters. The van der Waals surface area contributed by atoms with Gasteiger partial charge in [0.15, 0.2) is 5.82 Å². The first-order valence-corrected chi connectivity index (χ1v) is 9.65. The minimum atomic E-state index is -0.277. The van der Waals surface area contributed by atoms with Crippen LogP contribution in [0.2, 0.25) is 0 Å². The van der Waals surface area contributed by atoms with Crippen molar-refractivity contribution >= 4 is 5.91 Å². The van der Waals surface area contributed by atoms with Crippen molar-refractivity contribution in [3.63, 3.8) is 0 Å². The molecular formula is C22H27N5O. The number of nitrogens with one attached hydrogen (secondary N) is 1. The molecule has 0 aliphatic heterocycles. The highest BCUT2D eigenvalue weighted by atomic mass is 16.1. The van der Waals surface area contributed by atoms with E-state index in [-0.39, 0.29) is 11.4 Å². The first kappa shape index (κ1) is 19.7. The summed E-state index contributed by atoms with van der Waals surface area (Å²) in [6.45, 7) is 10.2.